The molecule has 0 bridgehead atoms. The second kappa shape index (κ2) is 5.34. The van der Waals surface area contributed by atoms with Crippen LogP contribution >= 0.6 is 11.6 Å². The van der Waals surface area contributed by atoms with E-state index in [1.807, 2.05) is 35.9 Å². The van der Waals surface area contributed by atoms with Gasteiger partial charge >= 0.3 is 0 Å². The number of aromatic nitrogens is 1. The largest absolute Gasteiger partial charge is 0.508 e. The maximum absolute atomic E-state index is 12.7. The van der Waals surface area contributed by atoms with E-state index in [9.17, 15) is 14.7 Å². The summed E-state index contributed by atoms with van der Waals surface area (Å²) >= 11 is 6.38. The number of carbonyl (C=O) groups is 2. The van der Waals surface area contributed by atoms with Crippen LogP contribution in [0.1, 0.15) is 20.7 Å². The number of hydrogen-bond acceptors (Lipinski definition) is 3. The van der Waals surface area contributed by atoms with Gasteiger partial charge in [0.05, 0.1) is 16.6 Å². The highest BCUT2D eigenvalue weighted by molar-refractivity contribution is 6.36. The molecule has 132 valence electrons. The topological polar surface area (TPSA) is 71.3 Å². The minimum atomic E-state index is -0.441. The molecule has 0 fully saturated rings. The Labute approximate surface area is 158 Å². The highest BCUT2D eigenvalue weighted by atomic mass is 35.5. The molecule has 5 nitrogen and oxygen atoms in total. The van der Waals surface area contributed by atoms with Gasteiger partial charge < -0.3 is 9.67 Å². The highest BCUT2D eigenvalue weighted by Gasteiger charge is 2.34. The second-order valence-corrected chi connectivity index (χ2v) is 7.00. The average molecular weight is 377 g/mol. The summed E-state index contributed by atoms with van der Waals surface area (Å²) in [7, 11) is 1.89. The second-order valence-electron chi connectivity index (χ2n) is 6.59. The highest BCUT2D eigenvalue weighted by Crippen LogP contribution is 2.42. The van der Waals surface area contributed by atoms with E-state index in [1.165, 1.54) is 0 Å². The Hall–Kier alpha value is -3.31. The molecule has 0 saturated carbocycles. The number of nitrogens with zero attached hydrogens (tertiary/aromatic N) is 1. The summed E-state index contributed by atoms with van der Waals surface area (Å²) in [4.78, 5) is 25.3. The third-order valence-electron chi connectivity index (χ3n) is 5.12. The summed E-state index contributed by atoms with van der Waals surface area (Å²) < 4.78 is 1.95. The molecule has 3 aromatic carbocycles. The van der Waals surface area contributed by atoms with E-state index in [0.717, 1.165) is 16.4 Å². The zero-order valence-corrected chi connectivity index (χ0v) is 15.0. The van der Waals surface area contributed by atoms with Gasteiger partial charge in [-0.2, -0.15) is 0 Å². The third kappa shape index (κ3) is 2.06. The van der Waals surface area contributed by atoms with Crippen LogP contribution in [-0.4, -0.2) is 21.5 Å². The van der Waals surface area contributed by atoms with Crippen molar-refractivity contribution in [3.8, 4) is 16.9 Å². The van der Waals surface area contributed by atoms with Gasteiger partial charge in [0.25, 0.3) is 11.8 Å². The number of carbonyl (C=O) groups excluding carboxylic acids is 2. The smallest absolute Gasteiger partial charge is 0.259 e. The molecule has 2 heterocycles. The number of aryl methyl sites for hydroxylation is 1. The molecular formula is C21H13ClN2O3. The molecule has 2 amide bonds. The van der Waals surface area contributed by atoms with Crippen LogP contribution < -0.4 is 5.32 Å². The molecular weight excluding hydrogens is 364 g/mol. The number of phenols is 1. The van der Waals surface area contributed by atoms with Crippen LogP contribution in [0.5, 0.6) is 5.75 Å². The van der Waals surface area contributed by atoms with Crippen LogP contribution in [-0.2, 0) is 7.05 Å². The van der Waals surface area contributed by atoms with E-state index in [4.69, 9.17) is 11.6 Å². The fourth-order valence-electron chi connectivity index (χ4n) is 3.94. The molecule has 1 aliphatic rings. The zero-order chi connectivity index (χ0) is 18.9. The first kappa shape index (κ1) is 15.9. The molecule has 2 N–H and O–H groups in total. The lowest BCUT2D eigenvalue weighted by molar-refractivity contribution is 0.0880. The lowest BCUT2D eigenvalue weighted by Crippen LogP contribution is -2.20. The van der Waals surface area contributed by atoms with Gasteiger partial charge in [-0.15, -0.1) is 0 Å². The molecule has 0 spiro atoms. The number of halogens is 1. The Morgan fingerprint density at radius 3 is 2.44 bits per heavy atom. The number of fused-ring (bicyclic) bond motifs is 5. The van der Waals surface area contributed by atoms with E-state index in [2.05, 4.69) is 5.32 Å². The van der Waals surface area contributed by atoms with Crippen molar-refractivity contribution >= 4 is 45.2 Å². The van der Waals surface area contributed by atoms with E-state index >= 15 is 0 Å². The zero-order valence-electron chi connectivity index (χ0n) is 14.2. The van der Waals surface area contributed by atoms with Gasteiger partial charge in [-0.1, -0.05) is 29.8 Å². The van der Waals surface area contributed by atoms with Gasteiger partial charge in [-0.25, -0.2) is 0 Å². The van der Waals surface area contributed by atoms with Crippen LogP contribution in [0, 0.1) is 0 Å². The first-order chi connectivity index (χ1) is 13.0. The lowest BCUT2D eigenvalue weighted by atomic mass is 9.93. The van der Waals surface area contributed by atoms with Crippen molar-refractivity contribution < 1.29 is 14.7 Å². The number of rotatable bonds is 1. The Morgan fingerprint density at radius 2 is 1.67 bits per heavy atom. The van der Waals surface area contributed by atoms with Gasteiger partial charge in [-0.3, -0.25) is 14.9 Å². The third-order valence-corrected chi connectivity index (χ3v) is 5.45. The minimum Gasteiger partial charge on any atom is -0.508 e. The SMILES string of the molecule is Cn1c2ccc(O)cc2c2c3c(c(-c4ccccc4Cl)cc21)C(=O)NC3=O. The molecule has 6 heteroatoms. The fourth-order valence-corrected chi connectivity index (χ4v) is 4.17. The van der Waals surface area contributed by atoms with Gasteiger partial charge in [-0.05, 0) is 35.9 Å². The standard InChI is InChI=1S/C21H13ClN2O3/c1-24-15-7-6-10(25)8-13(15)17-16(24)9-12(11-4-2-3-5-14(11)22)18-19(17)21(27)23-20(18)26/h2-9,25H,1H3,(H,23,26,27). The minimum absolute atomic E-state index is 0.101. The monoisotopic (exact) mass is 376 g/mol. The predicted molar refractivity (Wildman–Crippen MR) is 104 cm³/mol. The molecule has 27 heavy (non-hydrogen) atoms. The molecule has 1 aromatic heterocycles. The first-order valence-corrected chi connectivity index (χ1v) is 8.74. The lowest BCUT2D eigenvalue weighted by Gasteiger charge is -2.10. The Morgan fingerprint density at radius 1 is 0.926 bits per heavy atom. The molecule has 0 aliphatic carbocycles. The number of nitrogens with one attached hydrogen (secondary N) is 1. The van der Waals surface area contributed by atoms with E-state index in [-0.39, 0.29) is 5.75 Å². The first-order valence-electron chi connectivity index (χ1n) is 8.36. The van der Waals surface area contributed by atoms with E-state index < -0.39 is 11.8 Å². The molecule has 1 aliphatic heterocycles. The Bertz CT molecular complexity index is 1320. The number of benzene rings is 3. The van der Waals surface area contributed by atoms with Crippen molar-refractivity contribution in [2.45, 2.75) is 0 Å². The van der Waals surface area contributed by atoms with Crippen molar-refractivity contribution in [1.29, 1.82) is 0 Å². The van der Waals surface area contributed by atoms with Gasteiger partial charge in [0, 0.05) is 33.9 Å². The van der Waals surface area contributed by atoms with Crippen molar-refractivity contribution in [3.05, 3.63) is 64.7 Å². The molecule has 0 unspecified atom stereocenters. The summed E-state index contributed by atoms with van der Waals surface area (Å²) in [6.45, 7) is 0. The molecule has 0 saturated heterocycles. The average Bonchev–Trinajstić information content (AvgIpc) is 3.09. The van der Waals surface area contributed by atoms with Crippen LogP contribution in [0.4, 0.5) is 0 Å². The van der Waals surface area contributed by atoms with Crippen molar-refractivity contribution in [2.75, 3.05) is 0 Å². The number of aromatic hydroxyl groups is 1. The molecule has 4 aromatic rings. The molecule has 0 radical (unpaired) electrons. The van der Waals surface area contributed by atoms with Crippen LogP contribution in [0.25, 0.3) is 32.9 Å². The van der Waals surface area contributed by atoms with Crippen LogP contribution in [0.3, 0.4) is 0 Å². The number of amides is 2. The Kier molecular flexibility index (Phi) is 3.15. The maximum atomic E-state index is 12.7. The van der Waals surface area contributed by atoms with Crippen molar-refractivity contribution in [3.63, 3.8) is 0 Å². The fraction of sp³-hybridized carbons (Fsp3) is 0.0476. The summed E-state index contributed by atoms with van der Waals surface area (Å²) in [5.41, 5.74) is 3.58. The normalized spacial score (nSPS) is 13.4. The Balaban J connectivity index is 2.04. The molecule has 0 atom stereocenters. The maximum Gasteiger partial charge on any atom is 0.259 e. The van der Waals surface area contributed by atoms with Crippen LogP contribution in [0.2, 0.25) is 5.02 Å². The number of phenolic OH excluding ortho intramolecular Hbond substituents is 1. The molecule has 5 rings (SSSR count). The van der Waals surface area contributed by atoms with Gasteiger partial charge in [0.2, 0.25) is 0 Å². The van der Waals surface area contributed by atoms with Crippen molar-refractivity contribution in [2.24, 2.45) is 7.05 Å². The summed E-state index contributed by atoms with van der Waals surface area (Å²) in [6, 6.07) is 14.1. The quantitative estimate of drug-likeness (QED) is 0.488. The van der Waals surface area contributed by atoms with Crippen LogP contribution in [0.15, 0.2) is 48.5 Å². The number of imide groups is 1. The van der Waals surface area contributed by atoms with Gasteiger partial charge in [0.1, 0.15) is 5.75 Å². The summed E-state index contributed by atoms with van der Waals surface area (Å²) in [6.07, 6.45) is 0. The van der Waals surface area contributed by atoms with Gasteiger partial charge in [0.15, 0.2) is 0 Å². The predicted octanol–water partition coefficient (Wildman–Crippen LogP) is 4.24. The summed E-state index contributed by atoms with van der Waals surface area (Å²) in [5, 5.41) is 14.2. The number of hydrogen-bond donors (Lipinski definition) is 2. The van der Waals surface area contributed by atoms with E-state index in [0.29, 0.717) is 32.7 Å². The van der Waals surface area contributed by atoms with Crippen molar-refractivity contribution in [1.82, 2.24) is 9.88 Å². The van der Waals surface area contributed by atoms with E-state index in [1.54, 1.807) is 24.3 Å². The summed E-state index contributed by atoms with van der Waals surface area (Å²) in [5.74, 6) is -0.780.